The molecule has 4 aromatic rings. The van der Waals surface area contributed by atoms with Crippen molar-refractivity contribution in [2.45, 2.75) is 38.1 Å². The third-order valence-corrected chi connectivity index (χ3v) is 8.18. The van der Waals surface area contributed by atoms with Gasteiger partial charge < -0.3 is 29.3 Å². The van der Waals surface area contributed by atoms with Crippen molar-refractivity contribution in [2.24, 2.45) is 12.8 Å². The molecule has 0 unspecified atom stereocenters. The summed E-state index contributed by atoms with van der Waals surface area (Å²) in [6, 6.07) is 12.4. The van der Waals surface area contributed by atoms with Gasteiger partial charge in [0.2, 0.25) is 0 Å². The van der Waals surface area contributed by atoms with Crippen molar-refractivity contribution in [3.63, 3.8) is 0 Å². The van der Waals surface area contributed by atoms with Gasteiger partial charge >= 0.3 is 0 Å². The first-order chi connectivity index (χ1) is 18.3. The molecule has 0 aliphatic carbocycles. The zero-order valence-corrected chi connectivity index (χ0v) is 22.1. The van der Waals surface area contributed by atoms with Crippen LogP contribution in [-0.2, 0) is 11.8 Å². The molecule has 198 valence electrons. The molecule has 0 bridgehead atoms. The number of ether oxygens (including phenoxy) is 1. The normalized spacial score (nSPS) is 18.5. The highest BCUT2D eigenvalue weighted by Crippen LogP contribution is 2.37. The number of likely N-dealkylation sites (N-methyl/N-ethyl adjacent to an activating group) is 1. The van der Waals surface area contributed by atoms with Crippen LogP contribution in [0.5, 0.6) is 0 Å². The van der Waals surface area contributed by atoms with Crippen LogP contribution in [0.15, 0.2) is 45.6 Å². The van der Waals surface area contributed by atoms with Crippen molar-refractivity contribution >= 4 is 39.3 Å². The monoisotopic (exact) mass is 515 g/mol. The number of oxazole rings is 1. The molecule has 0 saturated carbocycles. The van der Waals surface area contributed by atoms with Crippen molar-refractivity contribution in [1.29, 1.82) is 0 Å². The van der Waals surface area contributed by atoms with E-state index in [0.717, 1.165) is 65.0 Å². The quantitative estimate of drug-likeness (QED) is 0.432. The molecule has 1 atom stereocenters. The molecule has 9 heteroatoms. The first-order valence-corrected chi connectivity index (χ1v) is 13.2. The lowest BCUT2D eigenvalue weighted by Gasteiger charge is -2.34. The van der Waals surface area contributed by atoms with Gasteiger partial charge in [-0.15, -0.1) is 0 Å². The van der Waals surface area contributed by atoms with Gasteiger partial charge in [0.15, 0.2) is 11.5 Å². The van der Waals surface area contributed by atoms with E-state index in [1.54, 1.807) is 7.05 Å². The number of anilines is 2. The van der Waals surface area contributed by atoms with Gasteiger partial charge in [-0.2, -0.15) is 0 Å². The Hall–Kier alpha value is -3.85. The SMILES string of the molecule is Cc1ccc2oc(C3CCN(c4c(C(N)=O)c(=O)n(C)c5cc(N(C)[C@@H]6CCOC6)ccc45)CC3)nc2c1. The number of nitrogens with zero attached hydrogens (tertiary/aromatic N) is 4. The number of hydrogen-bond donors (Lipinski definition) is 1. The van der Waals surface area contributed by atoms with Gasteiger partial charge in [0.1, 0.15) is 11.1 Å². The summed E-state index contributed by atoms with van der Waals surface area (Å²) >= 11 is 0. The summed E-state index contributed by atoms with van der Waals surface area (Å²) in [5, 5.41) is 0.844. The average Bonchev–Trinajstić information content (AvgIpc) is 3.60. The Morgan fingerprint density at radius 2 is 1.92 bits per heavy atom. The molecule has 2 aliphatic rings. The number of aromatic nitrogens is 2. The van der Waals surface area contributed by atoms with Gasteiger partial charge in [-0.3, -0.25) is 9.59 Å². The lowest BCUT2D eigenvalue weighted by atomic mass is 9.95. The zero-order chi connectivity index (χ0) is 26.6. The fourth-order valence-electron chi connectivity index (χ4n) is 5.90. The molecule has 2 aromatic heterocycles. The largest absolute Gasteiger partial charge is 0.440 e. The van der Waals surface area contributed by atoms with Crippen LogP contribution in [0, 0.1) is 6.92 Å². The maximum absolute atomic E-state index is 13.4. The van der Waals surface area contributed by atoms with Crippen molar-refractivity contribution in [2.75, 3.05) is 43.2 Å². The number of carbonyl (C=O) groups excluding carboxylic acids is 1. The summed E-state index contributed by atoms with van der Waals surface area (Å²) in [4.78, 5) is 35.1. The second kappa shape index (κ2) is 9.47. The van der Waals surface area contributed by atoms with E-state index in [2.05, 4.69) is 16.8 Å². The summed E-state index contributed by atoms with van der Waals surface area (Å²) in [7, 11) is 3.75. The lowest BCUT2D eigenvalue weighted by molar-refractivity contribution is 0.0999. The Bertz CT molecular complexity index is 1590. The third-order valence-electron chi connectivity index (χ3n) is 8.18. The number of rotatable bonds is 5. The van der Waals surface area contributed by atoms with Crippen LogP contribution in [0.25, 0.3) is 22.0 Å². The number of hydrogen-bond acceptors (Lipinski definition) is 7. The van der Waals surface area contributed by atoms with Crippen LogP contribution in [0.1, 0.15) is 47.0 Å². The number of aryl methyl sites for hydroxylation is 2. The van der Waals surface area contributed by atoms with Crippen molar-refractivity contribution in [3.8, 4) is 0 Å². The predicted molar refractivity (Wildman–Crippen MR) is 148 cm³/mol. The predicted octanol–water partition coefficient (Wildman–Crippen LogP) is 3.70. The zero-order valence-electron chi connectivity index (χ0n) is 22.1. The molecule has 2 aliphatic heterocycles. The second-order valence-electron chi connectivity index (χ2n) is 10.6. The Morgan fingerprint density at radius 3 is 2.63 bits per heavy atom. The maximum atomic E-state index is 13.4. The fourth-order valence-corrected chi connectivity index (χ4v) is 5.90. The van der Waals surface area contributed by atoms with Crippen molar-refractivity contribution < 1.29 is 13.9 Å². The summed E-state index contributed by atoms with van der Waals surface area (Å²) in [6.45, 7) is 4.81. The highest BCUT2D eigenvalue weighted by molar-refractivity contribution is 6.07. The Balaban J connectivity index is 1.35. The van der Waals surface area contributed by atoms with E-state index < -0.39 is 5.91 Å². The molecule has 1 amide bonds. The number of piperidine rings is 1. The molecule has 0 spiro atoms. The molecule has 2 fully saturated rings. The van der Waals surface area contributed by atoms with E-state index in [0.29, 0.717) is 31.4 Å². The second-order valence-corrected chi connectivity index (χ2v) is 10.6. The number of benzene rings is 2. The molecule has 6 rings (SSSR count). The fraction of sp³-hybridized carbons (Fsp3) is 0.414. The number of pyridine rings is 1. The van der Waals surface area contributed by atoms with Gasteiger partial charge in [-0.25, -0.2) is 4.98 Å². The summed E-state index contributed by atoms with van der Waals surface area (Å²) in [6.07, 6.45) is 2.56. The molecule has 2 aromatic carbocycles. The molecule has 38 heavy (non-hydrogen) atoms. The standard InChI is InChI=1S/C29H33N5O4/c1-17-4-7-24-22(14-17)31-28(38-24)18-8-11-34(12-9-18)26-21-6-5-19(32(2)20-10-13-37-16-20)15-23(21)33(3)29(36)25(26)27(30)35/h4-7,14-15,18,20H,8-13,16H2,1-3H3,(H2,30,35)/t20-/m1/s1. The number of amides is 1. The van der Waals surface area contributed by atoms with Crippen LogP contribution >= 0.6 is 0 Å². The number of carbonyl (C=O) groups is 1. The first-order valence-electron chi connectivity index (χ1n) is 13.2. The summed E-state index contributed by atoms with van der Waals surface area (Å²) in [5.41, 5.74) is 10.7. The molecular weight excluding hydrogens is 482 g/mol. The number of fused-ring (bicyclic) bond motifs is 2. The van der Waals surface area contributed by atoms with Crippen molar-refractivity contribution in [3.05, 3.63) is 63.8 Å². The molecule has 2 N–H and O–H groups in total. The van der Waals surface area contributed by atoms with E-state index >= 15 is 0 Å². The highest BCUT2D eigenvalue weighted by Gasteiger charge is 2.30. The minimum absolute atomic E-state index is 0.0427. The Labute approximate surface area is 220 Å². The number of primary amides is 1. The van der Waals surface area contributed by atoms with E-state index in [9.17, 15) is 9.59 Å². The van der Waals surface area contributed by atoms with Gasteiger partial charge in [-0.1, -0.05) is 6.07 Å². The maximum Gasteiger partial charge on any atom is 0.265 e. The minimum Gasteiger partial charge on any atom is -0.440 e. The highest BCUT2D eigenvalue weighted by atomic mass is 16.5. The van der Waals surface area contributed by atoms with Crippen LogP contribution < -0.4 is 21.1 Å². The van der Waals surface area contributed by atoms with Gasteiger partial charge in [0.25, 0.3) is 11.5 Å². The van der Waals surface area contributed by atoms with Gasteiger partial charge in [-0.05, 0) is 62.1 Å². The molecular formula is C29H33N5O4. The van der Waals surface area contributed by atoms with Crippen LogP contribution in [0.3, 0.4) is 0 Å². The number of nitrogens with two attached hydrogens (primary N) is 1. The van der Waals surface area contributed by atoms with E-state index in [1.165, 1.54) is 4.57 Å². The topological polar surface area (TPSA) is 107 Å². The Morgan fingerprint density at radius 1 is 1.13 bits per heavy atom. The third kappa shape index (κ3) is 4.11. The van der Waals surface area contributed by atoms with Gasteiger partial charge in [0, 0.05) is 50.8 Å². The van der Waals surface area contributed by atoms with E-state index in [1.807, 2.05) is 43.3 Å². The van der Waals surface area contributed by atoms with Crippen LogP contribution in [0.4, 0.5) is 11.4 Å². The molecule has 0 radical (unpaired) electrons. The summed E-state index contributed by atoms with van der Waals surface area (Å²) in [5.74, 6) is 0.212. The van der Waals surface area contributed by atoms with E-state index in [4.69, 9.17) is 19.9 Å². The Kier molecular flexibility index (Phi) is 6.10. The molecule has 4 heterocycles. The lowest BCUT2D eigenvalue weighted by Crippen LogP contribution is -2.38. The van der Waals surface area contributed by atoms with E-state index in [-0.39, 0.29) is 17.0 Å². The van der Waals surface area contributed by atoms with Crippen molar-refractivity contribution in [1.82, 2.24) is 9.55 Å². The van der Waals surface area contributed by atoms with Crippen LogP contribution in [-0.4, -0.2) is 54.9 Å². The molecule has 2 saturated heterocycles. The molecule has 9 nitrogen and oxygen atoms in total. The summed E-state index contributed by atoms with van der Waals surface area (Å²) < 4.78 is 13.2. The first kappa shape index (κ1) is 24.5. The van der Waals surface area contributed by atoms with Crippen LogP contribution in [0.2, 0.25) is 0 Å². The smallest absolute Gasteiger partial charge is 0.265 e. The minimum atomic E-state index is -0.705. The van der Waals surface area contributed by atoms with Gasteiger partial charge in [0.05, 0.1) is 23.9 Å². The average molecular weight is 516 g/mol.